The van der Waals surface area contributed by atoms with E-state index in [1.54, 1.807) is 0 Å². The quantitative estimate of drug-likeness (QED) is 0.797. The van der Waals surface area contributed by atoms with E-state index in [0.717, 1.165) is 25.0 Å². The summed E-state index contributed by atoms with van der Waals surface area (Å²) < 4.78 is 0. The Morgan fingerprint density at radius 1 is 1.35 bits per heavy atom. The van der Waals surface area contributed by atoms with E-state index in [2.05, 4.69) is 17.6 Å². The lowest BCUT2D eigenvalue weighted by Gasteiger charge is -2.16. The number of hydrogen-bond acceptors (Lipinski definition) is 2. The number of nitrogens with zero attached hydrogens (tertiary/aromatic N) is 2. The van der Waals surface area contributed by atoms with Crippen LogP contribution in [0.4, 0.5) is 0 Å². The third kappa shape index (κ3) is 2.44. The van der Waals surface area contributed by atoms with E-state index in [-0.39, 0.29) is 5.91 Å². The molecule has 0 radical (unpaired) electrons. The summed E-state index contributed by atoms with van der Waals surface area (Å²) in [5.74, 6) is 0.560. The number of pyridine rings is 1. The van der Waals surface area contributed by atoms with Gasteiger partial charge in [0.2, 0.25) is 5.91 Å². The summed E-state index contributed by atoms with van der Waals surface area (Å²) >= 11 is 0. The summed E-state index contributed by atoms with van der Waals surface area (Å²) in [4.78, 5) is 18.2. The molecule has 3 rings (SSSR count). The van der Waals surface area contributed by atoms with Gasteiger partial charge in [0.05, 0.1) is 5.52 Å². The molecule has 1 aromatic heterocycles. The van der Waals surface area contributed by atoms with Crippen LogP contribution in [0.1, 0.15) is 12.0 Å². The first-order chi connectivity index (χ1) is 9.78. The Labute approximate surface area is 118 Å². The first-order valence-electron chi connectivity index (χ1n) is 7.01. The molecule has 2 heterocycles. The number of likely N-dealkylation sites (tertiary alicyclic amines) is 1. The maximum absolute atomic E-state index is 11.9. The van der Waals surface area contributed by atoms with Crippen LogP contribution < -0.4 is 0 Å². The van der Waals surface area contributed by atoms with E-state index >= 15 is 0 Å². The van der Waals surface area contributed by atoms with E-state index in [4.69, 9.17) is 0 Å². The van der Waals surface area contributed by atoms with Crippen molar-refractivity contribution in [3.63, 3.8) is 0 Å². The molecule has 20 heavy (non-hydrogen) atoms. The van der Waals surface area contributed by atoms with Crippen LogP contribution in [-0.2, 0) is 11.2 Å². The number of carbonyl (C=O) groups excluding carboxylic acids is 1. The zero-order valence-corrected chi connectivity index (χ0v) is 11.5. The Hall–Kier alpha value is -2.16. The lowest BCUT2D eigenvalue weighted by molar-refractivity contribution is -0.127. The van der Waals surface area contributed by atoms with Crippen LogP contribution in [0, 0.1) is 5.92 Å². The van der Waals surface area contributed by atoms with E-state index < -0.39 is 0 Å². The van der Waals surface area contributed by atoms with E-state index in [0.29, 0.717) is 12.3 Å². The summed E-state index contributed by atoms with van der Waals surface area (Å²) in [6, 6.07) is 10.2. The van der Waals surface area contributed by atoms with Crippen molar-refractivity contribution in [3.8, 4) is 0 Å². The maximum atomic E-state index is 11.9. The average Bonchev–Trinajstić information content (AvgIpc) is 2.85. The number of amides is 1. The first-order valence-corrected chi connectivity index (χ1v) is 7.01. The highest BCUT2D eigenvalue weighted by molar-refractivity contribution is 5.82. The van der Waals surface area contributed by atoms with Gasteiger partial charge in [0.15, 0.2) is 0 Å². The van der Waals surface area contributed by atoms with E-state index in [1.807, 2.05) is 41.4 Å². The van der Waals surface area contributed by atoms with Gasteiger partial charge in [0.25, 0.3) is 0 Å². The van der Waals surface area contributed by atoms with Crippen LogP contribution in [0.3, 0.4) is 0 Å². The normalized spacial score (nSPS) is 18.7. The van der Waals surface area contributed by atoms with Gasteiger partial charge in [-0.05, 0) is 24.1 Å². The highest BCUT2D eigenvalue weighted by Crippen LogP contribution is 2.21. The minimum atomic E-state index is 0.244. The molecular weight excluding hydrogens is 248 g/mol. The van der Waals surface area contributed by atoms with Gasteiger partial charge in [-0.3, -0.25) is 9.78 Å². The number of hydrogen-bond donors (Lipinski definition) is 0. The molecule has 102 valence electrons. The smallest absolute Gasteiger partial charge is 0.223 e. The van der Waals surface area contributed by atoms with Gasteiger partial charge in [-0.25, -0.2) is 0 Å². The molecule has 1 aliphatic rings. The Morgan fingerprint density at radius 3 is 3.00 bits per heavy atom. The SMILES string of the molecule is C=CC1CC(=O)N(CCc2ccnc3ccccc23)C1. The molecule has 3 nitrogen and oxygen atoms in total. The fourth-order valence-corrected chi connectivity index (χ4v) is 2.81. The van der Waals surface area contributed by atoms with Crippen molar-refractivity contribution in [2.45, 2.75) is 12.8 Å². The van der Waals surface area contributed by atoms with Crippen molar-refractivity contribution in [2.75, 3.05) is 13.1 Å². The Morgan fingerprint density at radius 2 is 2.20 bits per heavy atom. The molecule has 0 spiro atoms. The summed E-state index contributed by atoms with van der Waals surface area (Å²) in [5, 5.41) is 1.18. The molecule has 0 saturated carbocycles. The Kier molecular flexibility index (Phi) is 3.50. The van der Waals surface area contributed by atoms with Crippen molar-refractivity contribution in [1.29, 1.82) is 0 Å². The Bertz CT molecular complexity index is 645. The Balaban J connectivity index is 1.74. The second-order valence-electron chi connectivity index (χ2n) is 5.28. The van der Waals surface area contributed by atoms with E-state index in [1.165, 1.54) is 10.9 Å². The first kappa shape index (κ1) is 12.9. The molecule has 1 fully saturated rings. The van der Waals surface area contributed by atoms with Crippen molar-refractivity contribution in [2.24, 2.45) is 5.92 Å². The van der Waals surface area contributed by atoms with Crippen molar-refractivity contribution in [3.05, 3.63) is 54.7 Å². The second-order valence-corrected chi connectivity index (χ2v) is 5.28. The molecule has 1 unspecified atom stereocenters. The van der Waals surface area contributed by atoms with Gasteiger partial charge < -0.3 is 4.90 Å². The minimum Gasteiger partial charge on any atom is -0.342 e. The lowest BCUT2D eigenvalue weighted by Crippen LogP contribution is -2.27. The predicted octanol–water partition coefficient (Wildman–Crippen LogP) is 2.81. The van der Waals surface area contributed by atoms with Crippen LogP contribution in [-0.4, -0.2) is 28.9 Å². The molecule has 1 aromatic carbocycles. The maximum Gasteiger partial charge on any atom is 0.223 e. The third-order valence-electron chi connectivity index (χ3n) is 3.97. The standard InChI is InChI=1S/C17H18N2O/c1-2-13-11-17(20)19(12-13)10-8-14-7-9-18-16-6-4-3-5-15(14)16/h2-7,9,13H,1,8,10-12H2. The zero-order valence-electron chi connectivity index (χ0n) is 11.5. The highest BCUT2D eigenvalue weighted by atomic mass is 16.2. The van der Waals surface area contributed by atoms with E-state index in [9.17, 15) is 4.79 Å². The topological polar surface area (TPSA) is 33.2 Å². The highest BCUT2D eigenvalue weighted by Gasteiger charge is 2.26. The largest absolute Gasteiger partial charge is 0.342 e. The molecule has 0 aliphatic carbocycles. The minimum absolute atomic E-state index is 0.244. The summed E-state index contributed by atoms with van der Waals surface area (Å²) in [5.41, 5.74) is 2.27. The number of benzene rings is 1. The second kappa shape index (κ2) is 5.45. The van der Waals surface area contributed by atoms with Gasteiger partial charge in [-0.1, -0.05) is 24.3 Å². The molecular formula is C17H18N2O. The molecule has 0 bridgehead atoms. The summed E-state index contributed by atoms with van der Waals surface area (Å²) in [6.45, 7) is 5.37. The fourth-order valence-electron chi connectivity index (χ4n) is 2.81. The number of para-hydroxylation sites is 1. The van der Waals surface area contributed by atoms with Crippen LogP contribution >= 0.6 is 0 Å². The fraction of sp³-hybridized carbons (Fsp3) is 0.294. The van der Waals surface area contributed by atoms with Gasteiger partial charge in [0.1, 0.15) is 0 Å². The average molecular weight is 266 g/mol. The van der Waals surface area contributed by atoms with Gasteiger partial charge in [-0.15, -0.1) is 6.58 Å². The number of rotatable bonds is 4. The molecule has 0 N–H and O–H groups in total. The van der Waals surface area contributed by atoms with Crippen LogP contribution in [0.2, 0.25) is 0 Å². The zero-order chi connectivity index (χ0) is 13.9. The van der Waals surface area contributed by atoms with Crippen molar-refractivity contribution >= 4 is 16.8 Å². The molecule has 3 heteroatoms. The molecule has 1 aliphatic heterocycles. The number of carbonyl (C=O) groups is 1. The van der Waals surface area contributed by atoms with Gasteiger partial charge >= 0.3 is 0 Å². The monoisotopic (exact) mass is 266 g/mol. The molecule has 1 saturated heterocycles. The lowest BCUT2D eigenvalue weighted by atomic mass is 10.1. The van der Waals surface area contributed by atoms with Gasteiger partial charge in [0, 0.05) is 37.0 Å². The molecule has 1 atom stereocenters. The van der Waals surface area contributed by atoms with Crippen molar-refractivity contribution in [1.82, 2.24) is 9.88 Å². The number of aromatic nitrogens is 1. The molecule has 1 amide bonds. The predicted molar refractivity (Wildman–Crippen MR) is 80.3 cm³/mol. The third-order valence-corrected chi connectivity index (χ3v) is 3.97. The van der Waals surface area contributed by atoms with Crippen LogP contribution in [0.15, 0.2) is 49.2 Å². The van der Waals surface area contributed by atoms with Crippen LogP contribution in [0.5, 0.6) is 0 Å². The number of fused-ring (bicyclic) bond motifs is 1. The molecule has 2 aromatic rings. The summed E-state index contributed by atoms with van der Waals surface area (Å²) in [6.07, 6.45) is 5.22. The van der Waals surface area contributed by atoms with Crippen molar-refractivity contribution < 1.29 is 4.79 Å². The van der Waals surface area contributed by atoms with Crippen LogP contribution in [0.25, 0.3) is 10.9 Å². The summed E-state index contributed by atoms with van der Waals surface area (Å²) in [7, 11) is 0. The van der Waals surface area contributed by atoms with Gasteiger partial charge in [-0.2, -0.15) is 0 Å².